The Labute approximate surface area is 120 Å². The molecular formula is C13H12FNO5S. The van der Waals surface area contributed by atoms with Crippen LogP contribution in [0.2, 0.25) is 0 Å². The first-order chi connectivity index (χ1) is 9.87. The number of hydrogen-bond donors (Lipinski definition) is 0. The summed E-state index contributed by atoms with van der Waals surface area (Å²) in [7, 11) is -1.78. The lowest BCUT2D eigenvalue weighted by atomic mass is 10.3. The highest BCUT2D eigenvalue weighted by molar-refractivity contribution is 7.92. The van der Waals surface area contributed by atoms with E-state index in [9.17, 15) is 17.6 Å². The molecule has 8 heteroatoms. The number of carbonyl (C=O) groups is 1. The number of esters is 1. The van der Waals surface area contributed by atoms with Crippen molar-refractivity contribution in [2.45, 2.75) is 5.09 Å². The highest BCUT2D eigenvalue weighted by Crippen LogP contribution is 2.25. The van der Waals surface area contributed by atoms with Crippen LogP contribution in [0.4, 0.5) is 10.1 Å². The Kier molecular flexibility index (Phi) is 3.99. The summed E-state index contributed by atoms with van der Waals surface area (Å²) in [6.07, 6.45) is 0. The van der Waals surface area contributed by atoms with Crippen LogP contribution in [0.15, 0.2) is 45.9 Å². The van der Waals surface area contributed by atoms with E-state index in [2.05, 4.69) is 4.74 Å². The van der Waals surface area contributed by atoms with Gasteiger partial charge in [-0.05, 0) is 24.3 Å². The Morgan fingerprint density at radius 3 is 2.52 bits per heavy atom. The van der Waals surface area contributed by atoms with Crippen LogP contribution in [0.3, 0.4) is 0 Å². The number of anilines is 1. The van der Waals surface area contributed by atoms with Crippen LogP contribution in [0.5, 0.6) is 0 Å². The summed E-state index contributed by atoms with van der Waals surface area (Å²) in [6.45, 7) is 0. The molecule has 0 aliphatic rings. The fourth-order valence-corrected chi connectivity index (χ4v) is 2.75. The fraction of sp³-hybridized carbons (Fsp3) is 0.154. The van der Waals surface area contributed by atoms with E-state index in [0.29, 0.717) is 0 Å². The number of nitrogens with zero attached hydrogens (tertiary/aromatic N) is 1. The monoisotopic (exact) mass is 313 g/mol. The van der Waals surface area contributed by atoms with Crippen LogP contribution in [0, 0.1) is 5.82 Å². The number of para-hydroxylation sites is 1. The number of rotatable bonds is 4. The second-order valence-corrected chi connectivity index (χ2v) is 5.93. The van der Waals surface area contributed by atoms with Crippen LogP contribution in [0.1, 0.15) is 10.6 Å². The normalized spacial score (nSPS) is 11.2. The van der Waals surface area contributed by atoms with Crippen LogP contribution < -0.4 is 4.31 Å². The standard InChI is InChI=1S/C13H12FNO5S/c1-15(10-6-4-3-5-9(10)14)21(17,18)12-8-7-11(20-12)13(16)19-2/h3-8H,1-2H3. The molecule has 0 saturated carbocycles. The largest absolute Gasteiger partial charge is 0.463 e. The van der Waals surface area contributed by atoms with Gasteiger partial charge in [-0.15, -0.1) is 0 Å². The van der Waals surface area contributed by atoms with E-state index < -0.39 is 26.9 Å². The molecule has 2 rings (SSSR count). The number of benzene rings is 1. The SMILES string of the molecule is COC(=O)c1ccc(S(=O)(=O)N(C)c2ccccc2F)o1. The quantitative estimate of drug-likeness (QED) is 0.807. The summed E-state index contributed by atoms with van der Waals surface area (Å²) in [5, 5.41) is -0.478. The lowest BCUT2D eigenvalue weighted by molar-refractivity contribution is 0.0559. The van der Waals surface area contributed by atoms with Crippen molar-refractivity contribution in [3.05, 3.63) is 48.0 Å². The zero-order chi connectivity index (χ0) is 15.6. The molecule has 21 heavy (non-hydrogen) atoms. The molecule has 0 fully saturated rings. The van der Waals surface area contributed by atoms with Gasteiger partial charge in [0.05, 0.1) is 12.8 Å². The van der Waals surface area contributed by atoms with Gasteiger partial charge in [-0.1, -0.05) is 12.1 Å². The smallest absolute Gasteiger partial charge is 0.374 e. The number of methoxy groups -OCH3 is 1. The van der Waals surface area contributed by atoms with Crippen LogP contribution >= 0.6 is 0 Å². The molecule has 0 radical (unpaired) electrons. The summed E-state index contributed by atoms with van der Waals surface area (Å²) in [5.41, 5.74) is -0.131. The van der Waals surface area contributed by atoms with Gasteiger partial charge in [0.15, 0.2) is 0 Å². The molecule has 0 aliphatic carbocycles. The maximum atomic E-state index is 13.7. The third kappa shape index (κ3) is 2.75. The Balaban J connectivity index is 2.40. The van der Waals surface area contributed by atoms with Crippen LogP contribution in [0.25, 0.3) is 0 Å². The van der Waals surface area contributed by atoms with Gasteiger partial charge in [0.25, 0.3) is 10.0 Å². The molecular weight excluding hydrogens is 301 g/mol. The van der Waals surface area contributed by atoms with E-state index in [1.165, 1.54) is 31.3 Å². The van der Waals surface area contributed by atoms with E-state index in [1.54, 1.807) is 0 Å². The third-order valence-electron chi connectivity index (χ3n) is 2.77. The van der Waals surface area contributed by atoms with Crippen molar-refractivity contribution in [2.75, 3.05) is 18.5 Å². The minimum atomic E-state index is -4.12. The average molecular weight is 313 g/mol. The molecule has 0 aliphatic heterocycles. The molecule has 0 saturated heterocycles. The van der Waals surface area contributed by atoms with Gasteiger partial charge in [0, 0.05) is 7.05 Å². The first-order valence-electron chi connectivity index (χ1n) is 5.79. The Morgan fingerprint density at radius 2 is 1.90 bits per heavy atom. The van der Waals surface area contributed by atoms with Gasteiger partial charge in [-0.3, -0.25) is 4.31 Å². The average Bonchev–Trinajstić information content (AvgIpc) is 2.96. The Morgan fingerprint density at radius 1 is 1.24 bits per heavy atom. The van der Waals surface area contributed by atoms with Crippen molar-refractivity contribution in [1.29, 1.82) is 0 Å². The molecule has 0 spiro atoms. The molecule has 6 nitrogen and oxygen atoms in total. The number of ether oxygens (including phenoxy) is 1. The van der Waals surface area contributed by atoms with Crippen LogP contribution in [-0.4, -0.2) is 28.5 Å². The van der Waals surface area contributed by atoms with Crippen molar-refractivity contribution in [3.8, 4) is 0 Å². The minimum absolute atomic E-state index is 0.131. The molecule has 0 amide bonds. The van der Waals surface area contributed by atoms with Gasteiger partial charge in [-0.2, -0.15) is 8.42 Å². The lowest BCUT2D eigenvalue weighted by Gasteiger charge is -2.18. The number of sulfonamides is 1. The van der Waals surface area contributed by atoms with E-state index in [4.69, 9.17) is 4.42 Å². The number of furan rings is 1. The van der Waals surface area contributed by atoms with Crippen molar-refractivity contribution < 1.29 is 26.8 Å². The second-order valence-electron chi connectivity index (χ2n) is 4.03. The minimum Gasteiger partial charge on any atom is -0.463 e. The van der Waals surface area contributed by atoms with E-state index >= 15 is 0 Å². The summed E-state index contributed by atoms with van der Waals surface area (Å²) in [4.78, 5) is 11.3. The predicted molar refractivity (Wildman–Crippen MR) is 72.0 cm³/mol. The fourth-order valence-electron chi connectivity index (χ4n) is 1.64. The van der Waals surface area contributed by atoms with E-state index in [-0.39, 0.29) is 11.4 Å². The predicted octanol–water partition coefficient (Wildman–Crippen LogP) is 2.03. The Hall–Kier alpha value is -2.35. The van der Waals surface area contributed by atoms with Crippen LogP contribution in [-0.2, 0) is 14.8 Å². The highest BCUT2D eigenvalue weighted by atomic mass is 32.2. The number of halogens is 1. The molecule has 112 valence electrons. The molecule has 0 bridgehead atoms. The molecule has 1 aromatic heterocycles. The zero-order valence-electron chi connectivity index (χ0n) is 11.2. The molecule has 2 aromatic rings. The van der Waals surface area contributed by atoms with Crippen molar-refractivity contribution >= 4 is 21.7 Å². The van der Waals surface area contributed by atoms with E-state index in [0.717, 1.165) is 23.5 Å². The third-order valence-corrected chi connectivity index (χ3v) is 4.42. The molecule has 1 heterocycles. The number of carbonyl (C=O) groups excluding carboxylic acids is 1. The van der Waals surface area contributed by atoms with Crippen molar-refractivity contribution in [2.24, 2.45) is 0 Å². The maximum Gasteiger partial charge on any atom is 0.374 e. The van der Waals surface area contributed by atoms with E-state index in [1.807, 2.05) is 0 Å². The molecule has 0 atom stereocenters. The first kappa shape index (κ1) is 15.0. The first-order valence-corrected chi connectivity index (χ1v) is 7.23. The second kappa shape index (κ2) is 5.57. The lowest BCUT2D eigenvalue weighted by Crippen LogP contribution is -2.27. The molecule has 1 aromatic carbocycles. The van der Waals surface area contributed by atoms with Gasteiger partial charge in [0.2, 0.25) is 10.9 Å². The summed E-state index contributed by atoms with van der Waals surface area (Å²) in [5.74, 6) is -1.74. The van der Waals surface area contributed by atoms with Crippen molar-refractivity contribution in [1.82, 2.24) is 0 Å². The summed E-state index contributed by atoms with van der Waals surface area (Å²) >= 11 is 0. The summed E-state index contributed by atoms with van der Waals surface area (Å²) < 4.78 is 48.4. The van der Waals surface area contributed by atoms with Gasteiger partial charge >= 0.3 is 5.97 Å². The Bertz CT molecular complexity index is 768. The van der Waals surface area contributed by atoms with Crippen molar-refractivity contribution in [3.63, 3.8) is 0 Å². The summed E-state index contributed by atoms with van der Waals surface area (Å²) in [6, 6.07) is 7.70. The van der Waals surface area contributed by atoms with Gasteiger partial charge in [0.1, 0.15) is 5.82 Å². The number of hydrogen-bond acceptors (Lipinski definition) is 5. The molecule has 0 N–H and O–H groups in total. The highest BCUT2D eigenvalue weighted by Gasteiger charge is 2.28. The van der Waals surface area contributed by atoms with Gasteiger partial charge in [-0.25, -0.2) is 9.18 Å². The topological polar surface area (TPSA) is 76.8 Å². The maximum absolute atomic E-state index is 13.7. The molecule has 0 unspecified atom stereocenters. The van der Waals surface area contributed by atoms with Gasteiger partial charge < -0.3 is 9.15 Å². The zero-order valence-corrected chi connectivity index (χ0v) is 12.1.